The van der Waals surface area contributed by atoms with Crippen LogP contribution in [0.4, 0.5) is 0 Å². The molecule has 0 amide bonds. The summed E-state index contributed by atoms with van der Waals surface area (Å²) in [6.07, 6.45) is 2.18. The van der Waals surface area contributed by atoms with Gasteiger partial charge in [0.15, 0.2) is 12.4 Å². The van der Waals surface area contributed by atoms with Crippen molar-refractivity contribution < 1.29 is 9.26 Å². The molecule has 106 valence electrons. The highest BCUT2D eigenvalue weighted by molar-refractivity contribution is 5.45. The topological polar surface area (TPSA) is 60.2 Å². The first-order valence-electron chi connectivity index (χ1n) is 7.05. The minimum absolute atomic E-state index is 0.323. The first-order valence-corrected chi connectivity index (χ1v) is 7.05. The van der Waals surface area contributed by atoms with Gasteiger partial charge in [-0.25, -0.2) is 0 Å². The summed E-state index contributed by atoms with van der Waals surface area (Å²) < 4.78 is 10.9. The lowest BCUT2D eigenvalue weighted by molar-refractivity contribution is 0.241. The van der Waals surface area contributed by atoms with E-state index in [-0.39, 0.29) is 0 Å². The molecule has 2 aromatic rings. The monoisotopic (exact) mass is 273 g/mol. The van der Waals surface area contributed by atoms with Gasteiger partial charge in [0.1, 0.15) is 5.75 Å². The molecule has 0 bridgehead atoms. The zero-order chi connectivity index (χ0) is 13.9. The lowest BCUT2D eigenvalue weighted by Gasteiger charge is -2.13. The number of aromatic nitrogens is 2. The minimum atomic E-state index is 0.323. The largest absolute Gasteiger partial charge is 0.483 e. The molecule has 1 heterocycles. The third kappa shape index (κ3) is 2.54. The van der Waals surface area contributed by atoms with E-state index in [1.807, 2.05) is 12.1 Å². The molecule has 1 aromatic heterocycles. The van der Waals surface area contributed by atoms with E-state index in [1.54, 1.807) is 6.92 Å². The van der Waals surface area contributed by atoms with Crippen LogP contribution in [0.3, 0.4) is 0 Å². The van der Waals surface area contributed by atoms with Crippen molar-refractivity contribution in [1.82, 2.24) is 15.5 Å². The maximum absolute atomic E-state index is 5.85. The van der Waals surface area contributed by atoms with Crippen molar-refractivity contribution in [2.45, 2.75) is 39.3 Å². The molecule has 5 nitrogen and oxygen atoms in total. The van der Waals surface area contributed by atoms with E-state index >= 15 is 0 Å². The Labute approximate surface area is 118 Å². The Morgan fingerprint density at radius 1 is 1.45 bits per heavy atom. The fourth-order valence-corrected chi connectivity index (χ4v) is 2.75. The van der Waals surface area contributed by atoms with Crippen LogP contribution in [0, 0.1) is 6.92 Å². The molecule has 1 N–H and O–H groups in total. The fraction of sp³-hybridized carbons (Fsp3) is 0.467. The second-order valence-corrected chi connectivity index (χ2v) is 5.00. The Kier molecular flexibility index (Phi) is 3.69. The van der Waals surface area contributed by atoms with Gasteiger partial charge in [-0.2, -0.15) is 4.98 Å². The SMILES string of the molecule is CCNC1CCc2c(OCc3nc(C)no3)cccc21. The van der Waals surface area contributed by atoms with Crippen molar-refractivity contribution in [2.24, 2.45) is 0 Å². The van der Waals surface area contributed by atoms with Gasteiger partial charge >= 0.3 is 0 Å². The molecule has 1 aromatic carbocycles. The Morgan fingerprint density at radius 2 is 2.35 bits per heavy atom. The summed E-state index contributed by atoms with van der Waals surface area (Å²) in [4.78, 5) is 4.15. The number of rotatable bonds is 5. The molecule has 1 atom stereocenters. The van der Waals surface area contributed by atoms with Gasteiger partial charge in [-0.3, -0.25) is 0 Å². The first kappa shape index (κ1) is 13.1. The third-order valence-electron chi connectivity index (χ3n) is 3.60. The van der Waals surface area contributed by atoms with Crippen molar-refractivity contribution >= 4 is 0 Å². The molecule has 0 fully saturated rings. The summed E-state index contributed by atoms with van der Waals surface area (Å²) in [6.45, 7) is 5.24. The van der Waals surface area contributed by atoms with Crippen molar-refractivity contribution in [1.29, 1.82) is 0 Å². The number of benzene rings is 1. The molecule has 1 aliphatic carbocycles. The first-order chi connectivity index (χ1) is 9.78. The number of hydrogen-bond acceptors (Lipinski definition) is 5. The summed E-state index contributed by atoms with van der Waals surface area (Å²) in [7, 11) is 0. The number of hydrogen-bond donors (Lipinski definition) is 1. The number of fused-ring (bicyclic) bond motifs is 1. The Bertz CT molecular complexity index is 595. The van der Waals surface area contributed by atoms with Crippen LogP contribution in [0.2, 0.25) is 0 Å². The van der Waals surface area contributed by atoms with E-state index in [9.17, 15) is 0 Å². The Balaban J connectivity index is 1.75. The van der Waals surface area contributed by atoms with Gasteiger partial charge in [-0.1, -0.05) is 24.2 Å². The van der Waals surface area contributed by atoms with Crippen LogP contribution in [0.1, 0.15) is 42.2 Å². The van der Waals surface area contributed by atoms with Gasteiger partial charge in [0, 0.05) is 6.04 Å². The van der Waals surface area contributed by atoms with Gasteiger partial charge in [0.05, 0.1) is 0 Å². The van der Waals surface area contributed by atoms with Gasteiger partial charge in [-0.15, -0.1) is 0 Å². The van der Waals surface area contributed by atoms with Crippen LogP contribution in [0.5, 0.6) is 5.75 Å². The molecule has 20 heavy (non-hydrogen) atoms. The summed E-state index contributed by atoms with van der Waals surface area (Å²) in [5.41, 5.74) is 2.65. The molecule has 0 saturated heterocycles. The number of aryl methyl sites for hydroxylation is 1. The van der Waals surface area contributed by atoms with Crippen LogP contribution in [0.25, 0.3) is 0 Å². The summed E-state index contributed by atoms with van der Waals surface area (Å²) in [5.74, 6) is 2.08. The molecule has 0 saturated carbocycles. The summed E-state index contributed by atoms with van der Waals surface area (Å²) in [6, 6.07) is 6.68. The maximum Gasteiger partial charge on any atom is 0.264 e. The highest BCUT2D eigenvalue weighted by Crippen LogP contribution is 2.37. The molecule has 0 spiro atoms. The van der Waals surface area contributed by atoms with Crippen molar-refractivity contribution in [3.8, 4) is 5.75 Å². The highest BCUT2D eigenvalue weighted by atomic mass is 16.5. The molecule has 3 rings (SSSR count). The minimum Gasteiger partial charge on any atom is -0.483 e. The second kappa shape index (κ2) is 5.63. The van der Waals surface area contributed by atoms with Crippen LogP contribution < -0.4 is 10.1 Å². The van der Waals surface area contributed by atoms with Crippen LogP contribution in [-0.4, -0.2) is 16.7 Å². The molecule has 1 aliphatic rings. The number of nitrogens with one attached hydrogen (secondary N) is 1. The quantitative estimate of drug-likeness (QED) is 0.907. The van der Waals surface area contributed by atoms with E-state index in [1.165, 1.54) is 11.1 Å². The van der Waals surface area contributed by atoms with Crippen molar-refractivity contribution in [3.05, 3.63) is 41.0 Å². The van der Waals surface area contributed by atoms with E-state index < -0.39 is 0 Å². The predicted octanol–water partition coefficient (Wildman–Crippen LogP) is 2.55. The normalized spacial score (nSPS) is 17.2. The van der Waals surface area contributed by atoms with Crippen molar-refractivity contribution in [2.75, 3.05) is 6.54 Å². The van der Waals surface area contributed by atoms with Crippen LogP contribution in [0.15, 0.2) is 22.7 Å². The summed E-state index contributed by atoms with van der Waals surface area (Å²) in [5, 5.41) is 7.27. The maximum atomic E-state index is 5.85. The third-order valence-corrected chi connectivity index (χ3v) is 3.60. The van der Waals surface area contributed by atoms with Gasteiger partial charge in [0.25, 0.3) is 5.89 Å². The zero-order valence-corrected chi connectivity index (χ0v) is 11.8. The lowest BCUT2D eigenvalue weighted by atomic mass is 10.1. The van der Waals surface area contributed by atoms with E-state index in [0.717, 1.165) is 25.1 Å². The van der Waals surface area contributed by atoms with Crippen LogP contribution in [-0.2, 0) is 13.0 Å². The Hall–Kier alpha value is -1.88. The average Bonchev–Trinajstić information content (AvgIpc) is 3.04. The highest BCUT2D eigenvalue weighted by Gasteiger charge is 2.24. The van der Waals surface area contributed by atoms with Crippen LogP contribution >= 0.6 is 0 Å². The molecule has 0 radical (unpaired) electrons. The molecular formula is C15H19N3O2. The van der Waals surface area contributed by atoms with E-state index in [0.29, 0.717) is 24.4 Å². The number of nitrogens with zero attached hydrogens (tertiary/aromatic N) is 2. The van der Waals surface area contributed by atoms with Gasteiger partial charge in [-0.05, 0) is 43.5 Å². The van der Waals surface area contributed by atoms with Gasteiger partial charge < -0.3 is 14.6 Å². The molecule has 1 unspecified atom stereocenters. The predicted molar refractivity (Wildman–Crippen MR) is 74.5 cm³/mol. The van der Waals surface area contributed by atoms with E-state index in [4.69, 9.17) is 9.26 Å². The van der Waals surface area contributed by atoms with Crippen molar-refractivity contribution in [3.63, 3.8) is 0 Å². The summed E-state index contributed by atoms with van der Waals surface area (Å²) >= 11 is 0. The molecule has 0 aliphatic heterocycles. The lowest BCUT2D eigenvalue weighted by Crippen LogP contribution is -2.18. The Morgan fingerprint density at radius 3 is 3.10 bits per heavy atom. The number of ether oxygens (including phenoxy) is 1. The fourth-order valence-electron chi connectivity index (χ4n) is 2.75. The average molecular weight is 273 g/mol. The van der Waals surface area contributed by atoms with Gasteiger partial charge in [0.2, 0.25) is 0 Å². The zero-order valence-electron chi connectivity index (χ0n) is 11.8. The molecule has 5 heteroatoms. The standard InChI is InChI=1S/C15H19N3O2/c1-3-16-13-8-7-12-11(13)5-4-6-14(12)19-9-15-17-10(2)18-20-15/h4-6,13,16H,3,7-9H2,1-2H3. The second-order valence-electron chi connectivity index (χ2n) is 5.00. The van der Waals surface area contributed by atoms with E-state index in [2.05, 4.69) is 28.4 Å². The molecular weight excluding hydrogens is 254 g/mol. The smallest absolute Gasteiger partial charge is 0.264 e.